The zero-order valence-electron chi connectivity index (χ0n) is 15.7. The van der Waals surface area contributed by atoms with E-state index in [1.807, 2.05) is 28.1 Å². The minimum atomic E-state index is -4.54. The van der Waals surface area contributed by atoms with Crippen LogP contribution >= 0.6 is 7.82 Å². The van der Waals surface area contributed by atoms with Crippen LogP contribution < -0.4 is 4.89 Å². The van der Waals surface area contributed by atoms with Gasteiger partial charge in [0, 0.05) is 13.3 Å². The van der Waals surface area contributed by atoms with Gasteiger partial charge in [-0.15, -0.1) is 0 Å². The van der Waals surface area contributed by atoms with Crippen molar-refractivity contribution < 1.29 is 42.1 Å². The van der Waals surface area contributed by atoms with E-state index in [1.54, 1.807) is 0 Å². The maximum atomic E-state index is 11.7. The molecule has 0 N–H and O–H groups in total. The minimum Gasteiger partial charge on any atom is -0.756 e. The lowest BCUT2D eigenvalue weighted by molar-refractivity contribution is -0.870. The van der Waals surface area contributed by atoms with Gasteiger partial charge in [-0.25, -0.2) is 0 Å². The summed E-state index contributed by atoms with van der Waals surface area (Å²) in [7, 11) is 1.14. The van der Waals surface area contributed by atoms with Gasteiger partial charge in [-0.1, -0.05) is 13.3 Å². The summed E-state index contributed by atoms with van der Waals surface area (Å²) in [6.07, 6.45) is 0.643. The zero-order chi connectivity index (χ0) is 19.5. The summed E-state index contributed by atoms with van der Waals surface area (Å²) < 4.78 is 31.7. The summed E-state index contributed by atoms with van der Waals surface area (Å²) in [6.45, 7) is 2.80. The highest BCUT2D eigenvalue weighted by Gasteiger charge is 2.20. The Kier molecular flexibility index (Phi) is 11.1. The van der Waals surface area contributed by atoms with E-state index in [0.29, 0.717) is 17.4 Å². The van der Waals surface area contributed by atoms with Gasteiger partial charge in [0.05, 0.1) is 27.7 Å². The number of likely N-dealkylation sites (N-methyl/N-ethyl adjacent to an activating group) is 1. The highest BCUT2D eigenvalue weighted by Crippen LogP contribution is 2.38. The fraction of sp³-hybridized carbons (Fsp3) is 0.867. The highest BCUT2D eigenvalue weighted by molar-refractivity contribution is 7.45. The Morgan fingerprint density at radius 2 is 1.80 bits per heavy atom. The number of ether oxygens (including phenoxy) is 2. The summed E-state index contributed by atoms with van der Waals surface area (Å²) in [5, 5.41) is 0. The monoisotopic (exact) mass is 383 g/mol. The molecule has 0 aromatic carbocycles. The lowest BCUT2D eigenvalue weighted by Gasteiger charge is -2.28. The van der Waals surface area contributed by atoms with Crippen LogP contribution in [0.4, 0.5) is 0 Å². The van der Waals surface area contributed by atoms with Crippen LogP contribution in [0.2, 0.25) is 0 Å². The Labute approximate surface area is 149 Å². The topological polar surface area (TPSA) is 111 Å². The molecular formula is C15H30NO8P. The fourth-order valence-corrected chi connectivity index (χ4v) is 2.26. The first-order valence-electron chi connectivity index (χ1n) is 8.18. The van der Waals surface area contributed by atoms with Crippen LogP contribution in [0.25, 0.3) is 0 Å². The number of carbonyl (C=O) groups is 2. The predicted octanol–water partition coefficient (Wildman–Crippen LogP) is 0.859. The van der Waals surface area contributed by atoms with Crippen LogP contribution in [0.5, 0.6) is 0 Å². The molecule has 0 aliphatic heterocycles. The number of esters is 2. The third kappa shape index (κ3) is 15.0. The van der Waals surface area contributed by atoms with Crippen LogP contribution in [-0.4, -0.2) is 70.0 Å². The molecule has 0 fully saturated rings. The maximum absolute atomic E-state index is 11.7. The second kappa shape index (κ2) is 11.6. The van der Waals surface area contributed by atoms with E-state index in [4.69, 9.17) is 18.5 Å². The predicted molar refractivity (Wildman–Crippen MR) is 88.4 cm³/mol. The molecule has 0 amide bonds. The molecule has 2 atom stereocenters. The van der Waals surface area contributed by atoms with Crippen molar-refractivity contribution in [3.05, 3.63) is 0 Å². The minimum absolute atomic E-state index is 0.0326. The van der Waals surface area contributed by atoms with Crippen LogP contribution in [0, 0.1) is 0 Å². The number of phosphoric acid groups is 1. The number of phosphoric ester groups is 1. The van der Waals surface area contributed by atoms with Crippen molar-refractivity contribution in [1.82, 2.24) is 0 Å². The van der Waals surface area contributed by atoms with Gasteiger partial charge in [0.15, 0.2) is 6.10 Å². The molecule has 0 bridgehead atoms. The van der Waals surface area contributed by atoms with Crippen molar-refractivity contribution in [3.63, 3.8) is 0 Å². The molecule has 148 valence electrons. The SMILES string of the molecule is CCCCC(=O)OC(COC(C)=O)COP(=O)([O-])OCC[N+](C)(C)C. The van der Waals surface area contributed by atoms with Crippen LogP contribution in [-0.2, 0) is 32.7 Å². The number of unbranched alkanes of at least 4 members (excludes halogenated alkanes) is 1. The van der Waals surface area contributed by atoms with E-state index in [0.717, 1.165) is 6.42 Å². The highest BCUT2D eigenvalue weighted by atomic mass is 31.2. The summed E-state index contributed by atoms with van der Waals surface area (Å²) in [6, 6.07) is 0. The van der Waals surface area contributed by atoms with E-state index in [2.05, 4.69) is 0 Å². The summed E-state index contributed by atoms with van der Waals surface area (Å²) >= 11 is 0. The Hall–Kier alpha value is -0.990. The number of hydrogen-bond donors (Lipinski definition) is 0. The van der Waals surface area contributed by atoms with Gasteiger partial charge in [-0.2, -0.15) is 0 Å². The van der Waals surface area contributed by atoms with E-state index in [9.17, 15) is 19.0 Å². The van der Waals surface area contributed by atoms with Gasteiger partial charge in [0.25, 0.3) is 7.82 Å². The van der Waals surface area contributed by atoms with Gasteiger partial charge >= 0.3 is 11.9 Å². The number of rotatable bonds is 13. The summed E-state index contributed by atoms with van der Waals surface area (Å²) in [5.74, 6) is -1.08. The zero-order valence-corrected chi connectivity index (χ0v) is 16.6. The molecule has 0 saturated heterocycles. The Bertz CT molecular complexity index is 463. The first kappa shape index (κ1) is 24.0. The van der Waals surface area contributed by atoms with Gasteiger partial charge in [-0.05, 0) is 6.42 Å². The third-order valence-electron chi connectivity index (χ3n) is 2.94. The normalized spacial score (nSPS) is 15.3. The smallest absolute Gasteiger partial charge is 0.306 e. The van der Waals surface area contributed by atoms with E-state index in [-0.39, 0.29) is 19.6 Å². The third-order valence-corrected chi connectivity index (χ3v) is 3.90. The van der Waals surface area contributed by atoms with Crippen molar-refractivity contribution in [2.75, 3.05) is 47.5 Å². The number of quaternary nitrogens is 1. The first-order valence-corrected chi connectivity index (χ1v) is 9.64. The lowest BCUT2D eigenvalue weighted by atomic mass is 10.2. The van der Waals surface area contributed by atoms with Gasteiger partial charge in [0.1, 0.15) is 19.8 Å². The molecule has 9 nitrogen and oxygen atoms in total. The second-order valence-electron chi connectivity index (χ2n) is 6.61. The Morgan fingerprint density at radius 3 is 2.32 bits per heavy atom. The fourth-order valence-electron chi connectivity index (χ4n) is 1.53. The standard InChI is InChI=1S/C15H30NO8P/c1-6-7-8-15(18)24-14(11-21-13(2)17)12-23-25(19,20)22-10-9-16(3,4)5/h14H,6-12H2,1-5H3. The molecule has 0 saturated carbocycles. The molecule has 0 spiro atoms. The van der Waals surface area contributed by atoms with Crippen LogP contribution in [0.15, 0.2) is 0 Å². The number of nitrogens with zero attached hydrogens (tertiary/aromatic N) is 1. The molecule has 0 aliphatic carbocycles. The van der Waals surface area contributed by atoms with E-state index >= 15 is 0 Å². The summed E-state index contributed by atoms with van der Waals surface area (Å²) in [4.78, 5) is 34.3. The average molecular weight is 383 g/mol. The Morgan fingerprint density at radius 1 is 1.16 bits per heavy atom. The molecule has 0 aromatic heterocycles. The van der Waals surface area contributed by atoms with Crippen molar-refractivity contribution >= 4 is 19.8 Å². The van der Waals surface area contributed by atoms with E-state index < -0.39 is 32.5 Å². The second-order valence-corrected chi connectivity index (χ2v) is 8.02. The van der Waals surface area contributed by atoms with Crippen molar-refractivity contribution in [2.24, 2.45) is 0 Å². The molecule has 0 heterocycles. The Balaban J connectivity index is 4.48. The maximum Gasteiger partial charge on any atom is 0.306 e. The number of hydrogen-bond acceptors (Lipinski definition) is 8. The van der Waals surface area contributed by atoms with E-state index in [1.165, 1.54) is 6.92 Å². The average Bonchev–Trinajstić information content (AvgIpc) is 2.46. The van der Waals surface area contributed by atoms with Crippen molar-refractivity contribution in [2.45, 2.75) is 39.2 Å². The molecule has 0 rings (SSSR count). The molecule has 25 heavy (non-hydrogen) atoms. The molecule has 0 radical (unpaired) electrons. The molecular weight excluding hydrogens is 353 g/mol. The molecule has 0 aromatic rings. The molecule has 10 heteroatoms. The van der Waals surface area contributed by atoms with Crippen LogP contribution in [0.1, 0.15) is 33.1 Å². The largest absolute Gasteiger partial charge is 0.756 e. The molecule has 2 unspecified atom stereocenters. The first-order chi connectivity index (χ1) is 11.4. The summed E-state index contributed by atoms with van der Waals surface area (Å²) in [5.41, 5.74) is 0. The van der Waals surface area contributed by atoms with Crippen molar-refractivity contribution in [1.29, 1.82) is 0 Å². The van der Waals surface area contributed by atoms with Gasteiger partial charge in [0.2, 0.25) is 0 Å². The van der Waals surface area contributed by atoms with Gasteiger partial charge in [-0.3, -0.25) is 14.2 Å². The van der Waals surface area contributed by atoms with Crippen LogP contribution in [0.3, 0.4) is 0 Å². The lowest BCUT2D eigenvalue weighted by Crippen LogP contribution is -2.37. The van der Waals surface area contributed by atoms with Gasteiger partial charge < -0.3 is 27.9 Å². The van der Waals surface area contributed by atoms with Crippen molar-refractivity contribution in [3.8, 4) is 0 Å². The number of carbonyl (C=O) groups excluding carboxylic acids is 2. The molecule has 0 aliphatic rings. The quantitative estimate of drug-likeness (QED) is 0.262.